The summed E-state index contributed by atoms with van der Waals surface area (Å²) in [5.74, 6) is -0.387. The molecule has 0 N–H and O–H groups in total. The van der Waals surface area contributed by atoms with Gasteiger partial charge in [-0.2, -0.15) is 0 Å². The minimum absolute atomic E-state index is 0.00935. The Labute approximate surface area is 201 Å². The van der Waals surface area contributed by atoms with E-state index < -0.39 is 15.7 Å². The molecule has 0 radical (unpaired) electrons. The Hall–Kier alpha value is -3.56. The van der Waals surface area contributed by atoms with Gasteiger partial charge in [0, 0.05) is 36.2 Å². The number of amides is 1. The molecule has 2 saturated heterocycles. The second-order valence-electron chi connectivity index (χ2n) is 8.98. The second-order valence-corrected chi connectivity index (χ2v) is 11.0. The van der Waals surface area contributed by atoms with Crippen molar-refractivity contribution in [1.29, 1.82) is 0 Å². The molecule has 6 rings (SSSR count). The van der Waals surface area contributed by atoms with Gasteiger partial charge in [0.2, 0.25) is 0 Å². The van der Waals surface area contributed by atoms with Crippen LogP contribution in [0.25, 0.3) is 33.6 Å². The van der Waals surface area contributed by atoms with Crippen LogP contribution in [0.2, 0.25) is 0 Å². The van der Waals surface area contributed by atoms with Crippen LogP contribution >= 0.6 is 0 Å². The Balaban J connectivity index is 1.38. The van der Waals surface area contributed by atoms with E-state index in [0.717, 1.165) is 12.7 Å². The molecule has 2 aromatic heterocycles. The SMILES string of the molecule is CS(=O)(=O)c1ccc(-c2cc3nccc(-c4ccc(F)c(C(=O)N5C[C@H]6C[C@@H]5CO6)c4)c3o2)cc1. The van der Waals surface area contributed by atoms with Crippen LogP contribution < -0.4 is 0 Å². The Kier molecular flexibility index (Phi) is 5.01. The van der Waals surface area contributed by atoms with Crippen molar-refractivity contribution in [2.45, 2.75) is 23.5 Å². The maximum atomic E-state index is 14.7. The summed E-state index contributed by atoms with van der Waals surface area (Å²) in [5, 5.41) is 0. The van der Waals surface area contributed by atoms with Crippen molar-refractivity contribution in [3.8, 4) is 22.5 Å². The summed E-state index contributed by atoms with van der Waals surface area (Å²) in [7, 11) is -3.30. The molecule has 2 aromatic carbocycles. The number of pyridine rings is 1. The fourth-order valence-corrected chi connectivity index (χ4v) is 5.46. The summed E-state index contributed by atoms with van der Waals surface area (Å²) < 4.78 is 49.9. The number of halogens is 1. The molecule has 35 heavy (non-hydrogen) atoms. The monoisotopic (exact) mass is 492 g/mol. The molecular formula is C26H21FN2O5S. The Morgan fingerprint density at radius 2 is 1.86 bits per heavy atom. The molecule has 2 aliphatic heterocycles. The largest absolute Gasteiger partial charge is 0.454 e. The highest BCUT2D eigenvalue weighted by Gasteiger charge is 2.42. The smallest absolute Gasteiger partial charge is 0.257 e. The molecule has 2 atom stereocenters. The molecule has 4 heterocycles. The van der Waals surface area contributed by atoms with Crippen molar-refractivity contribution >= 4 is 26.8 Å². The van der Waals surface area contributed by atoms with E-state index in [1.807, 2.05) is 0 Å². The van der Waals surface area contributed by atoms with Gasteiger partial charge in [0.1, 0.15) is 17.1 Å². The van der Waals surface area contributed by atoms with Crippen molar-refractivity contribution < 1.29 is 26.8 Å². The molecule has 0 aliphatic carbocycles. The van der Waals surface area contributed by atoms with Crippen LogP contribution in [0.1, 0.15) is 16.8 Å². The van der Waals surface area contributed by atoms with Gasteiger partial charge in [-0.05, 0) is 54.4 Å². The van der Waals surface area contributed by atoms with E-state index in [-0.39, 0.29) is 28.5 Å². The quantitative estimate of drug-likeness (QED) is 0.422. The van der Waals surface area contributed by atoms with Gasteiger partial charge in [0.15, 0.2) is 15.4 Å². The molecule has 0 saturated carbocycles. The van der Waals surface area contributed by atoms with Gasteiger partial charge in [0.25, 0.3) is 5.91 Å². The van der Waals surface area contributed by atoms with Crippen molar-refractivity contribution in [2.75, 3.05) is 19.4 Å². The lowest BCUT2D eigenvalue weighted by Gasteiger charge is -2.27. The second kappa shape index (κ2) is 8.00. The first kappa shape index (κ1) is 21.9. The zero-order valence-corrected chi connectivity index (χ0v) is 19.6. The van der Waals surface area contributed by atoms with E-state index in [1.54, 1.807) is 47.5 Å². The number of sulfone groups is 1. The van der Waals surface area contributed by atoms with Gasteiger partial charge in [-0.25, -0.2) is 12.8 Å². The third-order valence-corrected chi connectivity index (χ3v) is 7.78. The van der Waals surface area contributed by atoms with E-state index in [1.165, 1.54) is 18.2 Å². The van der Waals surface area contributed by atoms with Crippen LogP contribution in [0, 0.1) is 5.82 Å². The van der Waals surface area contributed by atoms with Gasteiger partial charge in [-0.3, -0.25) is 9.78 Å². The first-order valence-corrected chi connectivity index (χ1v) is 13.1. The molecule has 7 nitrogen and oxygen atoms in total. The third kappa shape index (κ3) is 3.81. The highest BCUT2D eigenvalue weighted by atomic mass is 32.2. The van der Waals surface area contributed by atoms with E-state index >= 15 is 0 Å². The Bertz CT molecular complexity index is 1580. The van der Waals surface area contributed by atoms with Gasteiger partial charge in [0.05, 0.1) is 29.2 Å². The summed E-state index contributed by atoms with van der Waals surface area (Å²) in [6.07, 6.45) is 3.61. The predicted octanol–water partition coefficient (Wildman–Crippen LogP) is 4.32. The van der Waals surface area contributed by atoms with E-state index in [9.17, 15) is 17.6 Å². The average molecular weight is 493 g/mol. The maximum Gasteiger partial charge on any atom is 0.257 e. The highest BCUT2D eigenvalue weighted by Crippen LogP contribution is 2.35. The Morgan fingerprint density at radius 3 is 2.54 bits per heavy atom. The van der Waals surface area contributed by atoms with Crippen molar-refractivity contribution in [3.63, 3.8) is 0 Å². The van der Waals surface area contributed by atoms with Crippen LogP contribution in [-0.2, 0) is 14.6 Å². The summed E-state index contributed by atoms with van der Waals surface area (Å²) in [6.45, 7) is 0.968. The van der Waals surface area contributed by atoms with E-state index in [0.29, 0.717) is 46.7 Å². The molecular weight excluding hydrogens is 471 g/mol. The zero-order chi connectivity index (χ0) is 24.3. The fraction of sp³-hybridized carbons (Fsp3) is 0.231. The minimum Gasteiger partial charge on any atom is -0.454 e. The predicted molar refractivity (Wildman–Crippen MR) is 127 cm³/mol. The zero-order valence-electron chi connectivity index (χ0n) is 18.8. The maximum absolute atomic E-state index is 14.7. The lowest BCUT2D eigenvalue weighted by molar-refractivity contribution is 0.0256. The van der Waals surface area contributed by atoms with Crippen LogP contribution in [0.4, 0.5) is 4.39 Å². The lowest BCUT2D eigenvalue weighted by atomic mass is 10.0. The first-order valence-electron chi connectivity index (χ1n) is 11.2. The van der Waals surface area contributed by atoms with Gasteiger partial charge in [-0.15, -0.1) is 0 Å². The molecule has 2 fully saturated rings. The number of ether oxygens (including phenoxy) is 1. The number of carbonyl (C=O) groups excluding carboxylic acids is 1. The lowest BCUT2D eigenvalue weighted by Crippen LogP contribution is -2.41. The molecule has 9 heteroatoms. The van der Waals surface area contributed by atoms with E-state index in [4.69, 9.17) is 9.15 Å². The molecule has 4 aromatic rings. The molecule has 2 aliphatic rings. The number of hydrogen-bond acceptors (Lipinski definition) is 6. The van der Waals surface area contributed by atoms with Crippen LogP contribution in [0.3, 0.4) is 0 Å². The number of hydrogen-bond donors (Lipinski definition) is 0. The third-order valence-electron chi connectivity index (χ3n) is 6.65. The van der Waals surface area contributed by atoms with Crippen molar-refractivity contribution in [2.24, 2.45) is 0 Å². The number of morpholine rings is 1. The van der Waals surface area contributed by atoms with Gasteiger partial charge >= 0.3 is 0 Å². The summed E-state index contributed by atoms with van der Waals surface area (Å²) in [6, 6.07) is 14.4. The molecule has 0 spiro atoms. The van der Waals surface area contributed by atoms with Gasteiger partial charge in [-0.1, -0.05) is 6.07 Å². The topological polar surface area (TPSA) is 89.7 Å². The number of furan rings is 1. The Morgan fingerprint density at radius 1 is 1.09 bits per heavy atom. The number of benzene rings is 2. The number of nitrogens with zero attached hydrogens (tertiary/aromatic N) is 2. The number of carbonyl (C=O) groups is 1. The molecule has 0 unspecified atom stereocenters. The summed E-state index contributed by atoms with van der Waals surface area (Å²) in [4.78, 5) is 19.4. The molecule has 178 valence electrons. The van der Waals surface area contributed by atoms with Crippen LogP contribution in [0.15, 0.2) is 70.1 Å². The highest BCUT2D eigenvalue weighted by molar-refractivity contribution is 7.90. The van der Waals surface area contributed by atoms with E-state index in [2.05, 4.69) is 4.98 Å². The van der Waals surface area contributed by atoms with Crippen molar-refractivity contribution in [3.05, 3.63) is 72.2 Å². The van der Waals surface area contributed by atoms with Gasteiger partial charge < -0.3 is 14.1 Å². The standard InChI is InChI=1S/C26H21FN2O5S/c1-35(31,32)19-5-2-15(3-6-19)24-12-23-25(34-24)20(8-9-28-23)16-4-7-22(27)21(10-16)26(30)29-13-18-11-17(29)14-33-18/h2-10,12,17-18H,11,13-14H2,1H3/t17-,18-/m1/s1. The van der Waals surface area contributed by atoms with Crippen LogP contribution in [0.5, 0.6) is 0 Å². The minimum atomic E-state index is -3.30. The molecule has 1 amide bonds. The summed E-state index contributed by atoms with van der Waals surface area (Å²) in [5.41, 5.74) is 3.11. The molecule has 2 bridgehead atoms. The average Bonchev–Trinajstić information content (AvgIpc) is 3.59. The number of likely N-dealkylation sites (tertiary alicyclic amines) is 1. The number of aromatic nitrogens is 1. The number of rotatable bonds is 4. The fourth-order valence-electron chi connectivity index (χ4n) is 4.83. The van der Waals surface area contributed by atoms with Crippen molar-refractivity contribution in [1.82, 2.24) is 9.88 Å². The van der Waals surface area contributed by atoms with Crippen LogP contribution in [-0.4, -0.2) is 55.8 Å². The normalized spacial score (nSPS) is 19.5. The number of fused-ring (bicyclic) bond motifs is 3. The summed E-state index contributed by atoms with van der Waals surface area (Å²) >= 11 is 0. The first-order chi connectivity index (χ1) is 16.8.